The molecule has 0 radical (unpaired) electrons. The predicted molar refractivity (Wildman–Crippen MR) is 124 cm³/mol. The maximum Gasteiger partial charge on any atom is 0.323 e. The molecule has 7 N–H and O–H groups in total. The quantitative estimate of drug-likeness (QED) is 0.214. The Labute approximate surface area is 195 Å². The molecule has 0 bridgehead atoms. The molecule has 13 heteroatoms. The molecule has 0 saturated heterocycles. The number of carboxylic acids is 1. The van der Waals surface area contributed by atoms with Gasteiger partial charge in [0.05, 0.1) is 4.90 Å². The van der Waals surface area contributed by atoms with Crippen molar-refractivity contribution >= 4 is 27.9 Å². The normalized spacial score (nSPS) is 16.2. The molecule has 3 rings (SSSR count). The molecule has 12 nitrogen and oxygen atoms in total. The van der Waals surface area contributed by atoms with Crippen LogP contribution in [-0.4, -0.2) is 55.1 Å². The average Bonchev–Trinajstić information content (AvgIpc) is 2.80. The minimum Gasteiger partial charge on any atom is -0.480 e. The fourth-order valence-electron chi connectivity index (χ4n) is 3.61. The van der Waals surface area contributed by atoms with Gasteiger partial charge in [0.2, 0.25) is 10.0 Å². The lowest BCUT2D eigenvalue weighted by Gasteiger charge is -2.25. The lowest BCUT2D eigenvalue weighted by Crippen LogP contribution is -2.48. The van der Waals surface area contributed by atoms with Crippen molar-refractivity contribution in [1.29, 1.82) is 0 Å². The molecule has 2 heterocycles. The number of carboxylic acid groups (broad SMARTS) is 1. The number of nitrogens with zero attached hydrogens (tertiary/aromatic N) is 2. The number of sulfonamides is 1. The molecule has 1 aliphatic heterocycles. The molecule has 2 unspecified atom stereocenters. The number of aliphatic imine (C=N–C) groups is 1. The molecule has 2 aromatic rings. The lowest BCUT2D eigenvalue weighted by molar-refractivity contribution is -0.138. The van der Waals surface area contributed by atoms with E-state index in [2.05, 4.69) is 15.0 Å². The summed E-state index contributed by atoms with van der Waals surface area (Å²) in [5.41, 5.74) is 11.1. The van der Waals surface area contributed by atoms with Crippen LogP contribution in [0.2, 0.25) is 0 Å². The molecular formula is C21H26N6O6S. The molecule has 2 atom stereocenters. The molecule has 0 saturated carbocycles. The number of hydrogen-bond acceptors (Lipinski definition) is 6. The minimum absolute atomic E-state index is 0.0177. The van der Waals surface area contributed by atoms with Gasteiger partial charge < -0.3 is 26.5 Å². The number of aliphatic carboxylic acids is 1. The maximum atomic E-state index is 12.6. The monoisotopic (exact) mass is 490 g/mol. The summed E-state index contributed by atoms with van der Waals surface area (Å²) < 4.78 is 28.5. The van der Waals surface area contributed by atoms with Crippen LogP contribution in [0.25, 0.3) is 0 Å². The number of amides is 1. The third-order valence-electron chi connectivity index (χ3n) is 5.37. The molecule has 34 heavy (non-hydrogen) atoms. The Balaban J connectivity index is 1.68. The van der Waals surface area contributed by atoms with Crippen molar-refractivity contribution in [3.63, 3.8) is 0 Å². The molecule has 1 aromatic heterocycles. The minimum atomic E-state index is -4.11. The summed E-state index contributed by atoms with van der Waals surface area (Å²) in [6.45, 7) is 0.292. The molecule has 1 aromatic carbocycles. The Bertz CT molecular complexity index is 1250. The van der Waals surface area contributed by atoms with E-state index >= 15 is 0 Å². The van der Waals surface area contributed by atoms with E-state index in [0.717, 1.165) is 12.5 Å². The Morgan fingerprint density at radius 3 is 2.56 bits per heavy atom. The van der Waals surface area contributed by atoms with Gasteiger partial charge in [-0.3, -0.25) is 19.4 Å². The highest BCUT2D eigenvalue weighted by Gasteiger charge is 2.26. The highest BCUT2D eigenvalue weighted by molar-refractivity contribution is 7.89. The van der Waals surface area contributed by atoms with Crippen molar-refractivity contribution in [1.82, 2.24) is 14.6 Å². The number of aryl methyl sites for hydroxylation is 1. The summed E-state index contributed by atoms with van der Waals surface area (Å²) in [7, 11) is -4.11. The number of hydrogen-bond donors (Lipinski definition) is 5. The predicted octanol–water partition coefficient (Wildman–Crippen LogP) is -1.15. The molecule has 0 spiro atoms. The van der Waals surface area contributed by atoms with Gasteiger partial charge in [-0.25, -0.2) is 8.42 Å². The second-order valence-electron chi connectivity index (χ2n) is 7.89. The van der Waals surface area contributed by atoms with Crippen LogP contribution in [0.4, 0.5) is 0 Å². The van der Waals surface area contributed by atoms with E-state index in [1.165, 1.54) is 24.3 Å². The topological polar surface area (TPSA) is 199 Å². The van der Waals surface area contributed by atoms with Crippen LogP contribution in [0.1, 0.15) is 22.5 Å². The van der Waals surface area contributed by atoms with Gasteiger partial charge in [-0.2, -0.15) is 4.72 Å². The molecule has 1 amide bonds. The number of rotatable bonds is 9. The second kappa shape index (κ2) is 10.5. The second-order valence-corrected chi connectivity index (χ2v) is 9.60. The van der Waals surface area contributed by atoms with Crippen LogP contribution in [0.3, 0.4) is 0 Å². The van der Waals surface area contributed by atoms with Gasteiger partial charge in [0.25, 0.3) is 11.5 Å². The van der Waals surface area contributed by atoms with Crippen molar-refractivity contribution in [3.05, 3.63) is 64.1 Å². The van der Waals surface area contributed by atoms with Gasteiger partial charge in [0.15, 0.2) is 5.96 Å². The van der Waals surface area contributed by atoms with E-state index in [1.807, 2.05) is 0 Å². The number of pyridine rings is 1. The van der Waals surface area contributed by atoms with Gasteiger partial charge in [0, 0.05) is 37.0 Å². The first-order valence-corrected chi connectivity index (χ1v) is 11.9. The zero-order valence-corrected chi connectivity index (χ0v) is 19.0. The van der Waals surface area contributed by atoms with E-state index in [9.17, 15) is 27.9 Å². The van der Waals surface area contributed by atoms with Gasteiger partial charge in [-0.05, 0) is 37.0 Å². The zero-order chi connectivity index (χ0) is 24.9. The summed E-state index contributed by atoms with van der Waals surface area (Å²) in [4.78, 5) is 40.6. The lowest BCUT2D eigenvalue weighted by atomic mass is 9.96. The molecule has 0 fully saturated rings. The largest absolute Gasteiger partial charge is 0.480 e. The first-order valence-electron chi connectivity index (χ1n) is 10.4. The zero-order valence-electron chi connectivity index (χ0n) is 18.2. The van der Waals surface area contributed by atoms with Crippen LogP contribution in [0.5, 0.6) is 0 Å². The van der Waals surface area contributed by atoms with Crippen LogP contribution >= 0.6 is 0 Å². The van der Waals surface area contributed by atoms with E-state index in [0.29, 0.717) is 25.2 Å². The number of nitrogens with one attached hydrogen (secondary N) is 2. The smallest absolute Gasteiger partial charge is 0.323 e. The van der Waals surface area contributed by atoms with Crippen molar-refractivity contribution in [2.24, 2.45) is 22.4 Å². The highest BCUT2D eigenvalue weighted by Crippen LogP contribution is 2.19. The number of nitrogens with two attached hydrogens (primary N) is 2. The van der Waals surface area contributed by atoms with Gasteiger partial charge in [0.1, 0.15) is 6.04 Å². The molecular weight excluding hydrogens is 464 g/mol. The fraction of sp³-hybridized carbons (Fsp3) is 0.333. The third-order valence-corrected chi connectivity index (χ3v) is 6.86. The van der Waals surface area contributed by atoms with E-state index in [1.54, 1.807) is 16.7 Å². The molecule has 1 aliphatic rings. The summed E-state index contributed by atoms with van der Waals surface area (Å²) in [5.74, 6) is -2.08. The SMILES string of the molecule is NC(N)=NCC1CCc2cc(C(=O)NCC(NS(=O)(=O)c3ccccc3)C(=O)O)cc(=O)n2C1. The molecule has 0 aliphatic carbocycles. The summed E-state index contributed by atoms with van der Waals surface area (Å²) in [6, 6.07) is 8.39. The summed E-state index contributed by atoms with van der Waals surface area (Å²) in [5, 5.41) is 11.8. The van der Waals surface area contributed by atoms with Crippen LogP contribution in [0, 0.1) is 5.92 Å². The van der Waals surface area contributed by atoms with E-state index in [-0.39, 0.29) is 27.9 Å². The van der Waals surface area contributed by atoms with Gasteiger partial charge in [-0.1, -0.05) is 18.2 Å². The Morgan fingerprint density at radius 2 is 1.91 bits per heavy atom. The molecule has 182 valence electrons. The maximum absolute atomic E-state index is 12.6. The van der Waals surface area contributed by atoms with Crippen molar-refractivity contribution < 1.29 is 23.1 Å². The first kappa shape index (κ1) is 24.9. The van der Waals surface area contributed by atoms with Crippen LogP contribution in [0.15, 0.2) is 57.1 Å². The number of aromatic nitrogens is 1. The van der Waals surface area contributed by atoms with Crippen LogP contribution < -0.4 is 27.1 Å². The van der Waals surface area contributed by atoms with Crippen molar-refractivity contribution in [3.8, 4) is 0 Å². The standard InChI is InChI=1S/C21H26N6O6S/c22-21(23)25-10-13-6-7-15-8-14(9-18(28)27(15)12-13)19(29)24-11-17(20(30)31)26-34(32,33)16-4-2-1-3-5-16/h1-5,8-9,13,17,26H,6-7,10-12H2,(H,24,29)(H,30,31)(H4,22,23,25). The Kier molecular flexibility index (Phi) is 7.68. The summed E-state index contributed by atoms with van der Waals surface area (Å²) >= 11 is 0. The number of carbonyl (C=O) groups is 2. The number of fused-ring (bicyclic) bond motifs is 1. The van der Waals surface area contributed by atoms with Gasteiger partial charge >= 0.3 is 5.97 Å². The number of guanidine groups is 1. The first-order chi connectivity index (χ1) is 16.1. The Hall–Kier alpha value is -3.71. The van der Waals surface area contributed by atoms with Gasteiger partial charge in [-0.15, -0.1) is 0 Å². The third kappa shape index (κ3) is 6.20. The Morgan fingerprint density at radius 1 is 1.21 bits per heavy atom. The van der Waals surface area contributed by atoms with E-state index in [4.69, 9.17) is 11.5 Å². The van der Waals surface area contributed by atoms with Crippen LogP contribution in [-0.2, 0) is 27.8 Å². The number of carbonyl (C=O) groups excluding carboxylic acids is 1. The summed E-state index contributed by atoms with van der Waals surface area (Å²) in [6.07, 6.45) is 1.26. The fourth-order valence-corrected chi connectivity index (χ4v) is 4.82. The highest BCUT2D eigenvalue weighted by atomic mass is 32.2. The van der Waals surface area contributed by atoms with E-state index < -0.39 is 34.5 Å². The number of benzene rings is 1. The average molecular weight is 491 g/mol. The van der Waals surface area contributed by atoms with Crippen molar-refractivity contribution in [2.45, 2.75) is 30.3 Å². The van der Waals surface area contributed by atoms with Crippen molar-refractivity contribution in [2.75, 3.05) is 13.1 Å².